The number of ether oxygens (including phenoxy) is 1. The molecule has 5 heteroatoms. The number of rotatable bonds is 4. The number of carboxylic acids is 1. The lowest BCUT2D eigenvalue weighted by atomic mass is 10.2. The van der Waals surface area contributed by atoms with E-state index in [1.165, 1.54) is 7.11 Å². The van der Waals surface area contributed by atoms with Gasteiger partial charge in [-0.3, -0.25) is 4.79 Å². The van der Waals surface area contributed by atoms with Crippen molar-refractivity contribution in [3.05, 3.63) is 0 Å². The van der Waals surface area contributed by atoms with Gasteiger partial charge in [0.1, 0.15) is 0 Å². The molecule has 64 valence electrons. The molecule has 1 atom stereocenters. The second kappa shape index (κ2) is 4.68. The lowest BCUT2D eigenvalue weighted by molar-refractivity contribution is -0.148. The Hall–Kier alpha value is -1.10. The van der Waals surface area contributed by atoms with E-state index in [4.69, 9.17) is 10.2 Å². The van der Waals surface area contributed by atoms with Gasteiger partial charge < -0.3 is 14.9 Å². The molecule has 0 aliphatic heterocycles. The van der Waals surface area contributed by atoms with Crippen LogP contribution in [0.15, 0.2) is 0 Å². The van der Waals surface area contributed by atoms with Gasteiger partial charge in [0.2, 0.25) is 0 Å². The molecule has 0 aliphatic carbocycles. The molecule has 11 heavy (non-hydrogen) atoms. The first-order chi connectivity index (χ1) is 5.07. The van der Waals surface area contributed by atoms with Gasteiger partial charge in [-0.1, -0.05) is 0 Å². The summed E-state index contributed by atoms with van der Waals surface area (Å²) in [6, 6.07) is 0. The van der Waals surface area contributed by atoms with Crippen LogP contribution >= 0.6 is 0 Å². The van der Waals surface area contributed by atoms with E-state index >= 15 is 0 Å². The van der Waals surface area contributed by atoms with Gasteiger partial charge in [0.15, 0.2) is 6.10 Å². The van der Waals surface area contributed by atoms with E-state index in [2.05, 4.69) is 4.74 Å². The van der Waals surface area contributed by atoms with Gasteiger partial charge in [0.05, 0.1) is 7.11 Å². The molecule has 0 amide bonds. The number of esters is 1. The van der Waals surface area contributed by atoms with Crippen LogP contribution in [0.1, 0.15) is 12.8 Å². The molecule has 0 aromatic rings. The van der Waals surface area contributed by atoms with Crippen molar-refractivity contribution in [1.29, 1.82) is 0 Å². The lowest BCUT2D eigenvalue weighted by Crippen LogP contribution is -2.20. The first-order valence-electron chi connectivity index (χ1n) is 3.05. The molecule has 0 rings (SSSR count). The van der Waals surface area contributed by atoms with E-state index in [-0.39, 0.29) is 12.8 Å². The van der Waals surface area contributed by atoms with Gasteiger partial charge >= 0.3 is 11.9 Å². The first kappa shape index (κ1) is 9.90. The fraction of sp³-hybridized carbons (Fsp3) is 0.667. The maximum absolute atomic E-state index is 10.4. The Morgan fingerprint density at radius 2 is 2.09 bits per heavy atom. The standard InChI is InChI=1S/C6H10O5/c1-11-5(8)3-2-4(7)6(9)10/h4,7H,2-3H2,1H3,(H,9,10)/t4-/m0/s1. The van der Waals surface area contributed by atoms with Crippen LogP contribution in [0.2, 0.25) is 0 Å². The molecular formula is C6H10O5. The molecule has 0 heterocycles. The van der Waals surface area contributed by atoms with Crippen LogP contribution in [0.25, 0.3) is 0 Å². The quantitative estimate of drug-likeness (QED) is 0.538. The summed E-state index contributed by atoms with van der Waals surface area (Å²) in [6.07, 6.45) is -1.67. The number of carboxylic acid groups (broad SMARTS) is 1. The van der Waals surface area contributed by atoms with Crippen molar-refractivity contribution in [2.45, 2.75) is 18.9 Å². The smallest absolute Gasteiger partial charge is 0.332 e. The fourth-order valence-electron chi connectivity index (χ4n) is 0.480. The maximum Gasteiger partial charge on any atom is 0.332 e. The third-order valence-electron chi connectivity index (χ3n) is 1.13. The van der Waals surface area contributed by atoms with Crippen LogP contribution in [-0.2, 0) is 14.3 Å². The van der Waals surface area contributed by atoms with Crippen LogP contribution in [0, 0.1) is 0 Å². The fourth-order valence-corrected chi connectivity index (χ4v) is 0.480. The molecule has 5 nitrogen and oxygen atoms in total. The molecule has 0 unspecified atom stereocenters. The Morgan fingerprint density at radius 3 is 2.45 bits per heavy atom. The van der Waals surface area contributed by atoms with Gasteiger partial charge in [0.25, 0.3) is 0 Å². The van der Waals surface area contributed by atoms with Crippen LogP contribution in [0.3, 0.4) is 0 Å². The van der Waals surface area contributed by atoms with Crippen LogP contribution in [0.5, 0.6) is 0 Å². The molecule has 0 bridgehead atoms. The molecular weight excluding hydrogens is 152 g/mol. The molecule has 0 aromatic heterocycles. The molecule has 0 saturated heterocycles. The summed E-state index contributed by atoms with van der Waals surface area (Å²) in [5, 5.41) is 16.8. The van der Waals surface area contributed by atoms with Gasteiger partial charge in [-0.2, -0.15) is 0 Å². The monoisotopic (exact) mass is 162 g/mol. The minimum Gasteiger partial charge on any atom is -0.479 e. The highest BCUT2D eigenvalue weighted by Gasteiger charge is 2.14. The predicted molar refractivity (Wildman–Crippen MR) is 34.9 cm³/mol. The van der Waals surface area contributed by atoms with Gasteiger partial charge in [-0.25, -0.2) is 4.79 Å². The van der Waals surface area contributed by atoms with E-state index in [0.717, 1.165) is 0 Å². The molecule has 0 aliphatic rings. The molecule has 0 radical (unpaired) electrons. The van der Waals surface area contributed by atoms with E-state index in [9.17, 15) is 9.59 Å². The summed E-state index contributed by atoms with van der Waals surface area (Å²) < 4.78 is 4.24. The highest BCUT2D eigenvalue weighted by Crippen LogP contribution is 1.97. The van der Waals surface area contributed by atoms with Crippen molar-refractivity contribution in [2.75, 3.05) is 7.11 Å². The van der Waals surface area contributed by atoms with Crippen LogP contribution in [-0.4, -0.2) is 35.4 Å². The van der Waals surface area contributed by atoms with Crippen molar-refractivity contribution >= 4 is 11.9 Å². The Morgan fingerprint density at radius 1 is 1.55 bits per heavy atom. The molecule has 0 aromatic carbocycles. The average Bonchev–Trinajstić information content (AvgIpc) is 1.99. The molecule has 2 N–H and O–H groups in total. The average molecular weight is 162 g/mol. The van der Waals surface area contributed by atoms with Crippen molar-refractivity contribution in [3.63, 3.8) is 0 Å². The van der Waals surface area contributed by atoms with E-state index in [0.29, 0.717) is 0 Å². The summed E-state index contributed by atoms with van der Waals surface area (Å²) >= 11 is 0. The Bertz CT molecular complexity index is 153. The van der Waals surface area contributed by atoms with E-state index < -0.39 is 18.0 Å². The number of aliphatic carboxylic acids is 1. The number of hydrogen-bond acceptors (Lipinski definition) is 4. The lowest BCUT2D eigenvalue weighted by Gasteiger charge is -2.02. The van der Waals surface area contributed by atoms with Gasteiger partial charge in [-0.05, 0) is 6.42 Å². The molecule has 0 saturated carbocycles. The Labute approximate surface area is 63.6 Å². The zero-order chi connectivity index (χ0) is 8.85. The normalized spacial score (nSPS) is 12.2. The number of aliphatic hydroxyl groups excluding tert-OH is 1. The highest BCUT2D eigenvalue weighted by atomic mass is 16.5. The second-order valence-electron chi connectivity index (χ2n) is 1.97. The van der Waals surface area contributed by atoms with E-state index in [1.807, 2.05) is 0 Å². The van der Waals surface area contributed by atoms with Gasteiger partial charge in [0, 0.05) is 6.42 Å². The summed E-state index contributed by atoms with van der Waals surface area (Å²) in [5.41, 5.74) is 0. The third-order valence-corrected chi connectivity index (χ3v) is 1.13. The summed E-state index contributed by atoms with van der Waals surface area (Å²) in [7, 11) is 1.20. The highest BCUT2D eigenvalue weighted by molar-refractivity contribution is 5.74. The number of hydrogen-bond donors (Lipinski definition) is 2. The summed E-state index contributed by atoms with van der Waals surface area (Å²) in [6.45, 7) is 0. The topological polar surface area (TPSA) is 83.8 Å². The maximum atomic E-state index is 10.4. The van der Waals surface area contributed by atoms with E-state index in [1.54, 1.807) is 0 Å². The Kier molecular flexibility index (Phi) is 4.21. The third kappa shape index (κ3) is 4.32. The van der Waals surface area contributed by atoms with Gasteiger partial charge in [-0.15, -0.1) is 0 Å². The molecule has 0 fully saturated rings. The minimum absolute atomic E-state index is 0.0794. The van der Waals surface area contributed by atoms with Crippen molar-refractivity contribution in [1.82, 2.24) is 0 Å². The number of aliphatic hydroxyl groups is 1. The SMILES string of the molecule is COC(=O)CC[C@H](O)C(=O)O. The second-order valence-corrected chi connectivity index (χ2v) is 1.97. The number of carbonyl (C=O) groups excluding carboxylic acids is 1. The predicted octanol–water partition coefficient (Wildman–Crippen LogP) is -0.615. The van der Waals surface area contributed by atoms with Crippen molar-refractivity contribution in [3.8, 4) is 0 Å². The number of methoxy groups -OCH3 is 1. The van der Waals surface area contributed by atoms with Crippen LogP contribution in [0.4, 0.5) is 0 Å². The first-order valence-corrected chi connectivity index (χ1v) is 3.05. The summed E-state index contributed by atoms with van der Waals surface area (Å²) in [4.78, 5) is 20.4. The molecule has 0 spiro atoms. The zero-order valence-corrected chi connectivity index (χ0v) is 6.11. The minimum atomic E-state index is -1.48. The summed E-state index contributed by atoms with van der Waals surface area (Å²) in [5.74, 6) is -1.85. The van der Waals surface area contributed by atoms with Crippen molar-refractivity contribution in [2.24, 2.45) is 0 Å². The Balaban J connectivity index is 3.54. The number of carbonyl (C=O) groups is 2. The zero-order valence-electron chi connectivity index (χ0n) is 6.11. The largest absolute Gasteiger partial charge is 0.479 e. The van der Waals surface area contributed by atoms with Crippen molar-refractivity contribution < 1.29 is 24.5 Å². The van der Waals surface area contributed by atoms with Crippen LogP contribution < -0.4 is 0 Å².